The fourth-order valence-electron chi connectivity index (χ4n) is 1.74. The molecule has 84 valence electrons. The molecule has 0 saturated heterocycles. The van der Waals surface area contributed by atoms with E-state index in [0.717, 1.165) is 18.5 Å². The number of aldehydes is 1. The van der Waals surface area contributed by atoms with Gasteiger partial charge in [-0.2, -0.15) is 0 Å². The minimum Gasteiger partial charge on any atom is -0.495 e. The van der Waals surface area contributed by atoms with E-state index in [0.29, 0.717) is 17.4 Å². The molecule has 0 amide bonds. The molecular formula is C12H14N2O2. The Kier molecular flexibility index (Phi) is 2.90. The molecule has 1 aliphatic heterocycles. The first-order valence-electron chi connectivity index (χ1n) is 5.17. The van der Waals surface area contributed by atoms with E-state index in [2.05, 4.69) is 11.9 Å². The molecule has 16 heavy (non-hydrogen) atoms. The summed E-state index contributed by atoms with van der Waals surface area (Å²) in [6, 6.07) is 5.70. The summed E-state index contributed by atoms with van der Waals surface area (Å²) in [6.07, 6.45) is 2.62. The minimum absolute atomic E-state index is 0.301. The summed E-state index contributed by atoms with van der Waals surface area (Å²) in [6.45, 7) is 2.90. The van der Waals surface area contributed by atoms with E-state index in [4.69, 9.17) is 4.74 Å². The first-order valence-corrected chi connectivity index (χ1v) is 5.17. The third-order valence-electron chi connectivity index (χ3n) is 2.57. The van der Waals surface area contributed by atoms with Crippen molar-refractivity contribution < 1.29 is 9.53 Å². The molecule has 4 nitrogen and oxygen atoms in total. The molecule has 0 saturated carbocycles. The van der Waals surface area contributed by atoms with Gasteiger partial charge in [0.05, 0.1) is 25.2 Å². The molecule has 1 heterocycles. The molecule has 1 aromatic carbocycles. The molecule has 1 aromatic rings. The Labute approximate surface area is 94.5 Å². The summed E-state index contributed by atoms with van der Waals surface area (Å²) in [5.41, 5.74) is 1.56. The zero-order valence-electron chi connectivity index (χ0n) is 9.38. The van der Waals surface area contributed by atoms with Crippen molar-refractivity contribution in [3.63, 3.8) is 0 Å². The summed E-state index contributed by atoms with van der Waals surface area (Å²) >= 11 is 0. The lowest BCUT2D eigenvalue weighted by molar-refractivity contribution is 0.112. The Morgan fingerprint density at radius 1 is 1.56 bits per heavy atom. The Bertz CT molecular complexity index is 429. The maximum atomic E-state index is 10.7. The van der Waals surface area contributed by atoms with Gasteiger partial charge in [0.1, 0.15) is 12.0 Å². The summed E-state index contributed by atoms with van der Waals surface area (Å²) < 4.78 is 5.27. The minimum atomic E-state index is 0.301. The number of methoxy groups -OCH3 is 1. The van der Waals surface area contributed by atoms with Gasteiger partial charge in [-0.3, -0.25) is 9.79 Å². The molecule has 1 unspecified atom stereocenters. The highest BCUT2D eigenvalue weighted by molar-refractivity contribution is 5.86. The van der Waals surface area contributed by atoms with E-state index in [1.54, 1.807) is 19.2 Å². The van der Waals surface area contributed by atoms with Crippen molar-refractivity contribution in [1.29, 1.82) is 0 Å². The van der Waals surface area contributed by atoms with Crippen molar-refractivity contribution in [1.82, 2.24) is 0 Å². The maximum Gasteiger partial charge on any atom is 0.150 e. The van der Waals surface area contributed by atoms with Gasteiger partial charge in [-0.15, -0.1) is 0 Å². The SMILES string of the molecule is COc1cc(C=O)ccc1N1C=NC(C)C1. The van der Waals surface area contributed by atoms with Crippen LogP contribution in [0.3, 0.4) is 0 Å². The van der Waals surface area contributed by atoms with Crippen molar-refractivity contribution in [2.24, 2.45) is 4.99 Å². The van der Waals surface area contributed by atoms with E-state index in [1.165, 1.54) is 0 Å². The van der Waals surface area contributed by atoms with Crippen molar-refractivity contribution >= 4 is 18.3 Å². The molecule has 2 rings (SSSR count). The monoisotopic (exact) mass is 218 g/mol. The van der Waals surface area contributed by atoms with Crippen LogP contribution in [0, 0.1) is 0 Å². The van der Waals surface area contributed by atoms with Gasteiger partial charge in [-0.05, 0) is 25.1 Å². The molecule has 0 aromatic heterocycles. The standard InChI is InChI=1S/C12H14N2O2/c1-9-6-14(8-13-9)11-4-3-10(7-15)5-12(11)16-2/h3-5,7-9H,6H2,1-2H3. The number of nitrogens with zero attached hydrogens (tertiary/aromatic N) is 2. The number of carbonyl (C=O) groups excluding carboxylic acids is 1. The van der Waals surface area contributed by atoms with Crippen LogP contribution < -0.4 is 9.64 Å². The number of ether oxygens (including phenoxy) is 1. The number of benzene rings is 1. The van der Waals surface area contributed by atoms with Gasteiger partial charge in [0.2, 0.25) is 0 Å². The third-order valence-corrected chi connectivity index (χ3v) is 2.57. The number of aliphatic imine (C=N–C) groups is 1. The highest BCUT2D eigenvalue weighted by Crippen LogP contribution is 2.29. The summed E-state index contributed by atoms with van der Waals surface area (Å²) in [4.78, 5) is 17.0. The Balaban J connectivity index is 2.33. The first kappa shape index (κ1) is 10.7. The molecule has 0 spiro atoms. The quantitative estimate of drug-likeness (QED) is 0.726. The zero-order valence-corrected chi connectivity index (χ0v) is 9.38. The number of carbonyl (C=O) groups is 1. The Morgan fingerprint density at radius 3 is 2.94 bits per heavy atom. The van der Waals surface area contributed by atoms with Gasteiger partial charge < -0.3 is 9.64 Å². The largest absolute Gasteiger partial charge is 0.495 e. The second kappa shape index (κ2) is 4.35. The number of rotatable bonds is 3. The van der Waals surface area contributed by atoms with Gasteiger partial charge in [0, 0.05) is 12.1 Å². The van der Waals surface area contributed by atoms with Crippen molar-refractivity contribution in [3.05, 3.63) is 23.8 Å². The molecule has 0 radical (unpaired) electrons. The van der Waals surface area contributed by atoms with Gasteiger partial charge >= 0.3 is 0 Å². The molecule has 0 bridgehead atoms. The van der Waals surface area contributed by atoms with E-state index >= 15 is 0 Å². The first-order chi connectivity index (χ1) is 7.74. The lowest BCUT2D eigenvalue weighted by atomic mass is 10.2. The molecule has 0 aliphatic carbocycles. The van der Waals surface area contributed by atoms with Gasteiger partial charge in [-0.1, -0.05) is 0 Å². The van der Waals surface area contributed by atoms with Crippen LogP contribution in [-0.2, 0) is 0 Å². The van der Waals surface area contributed by atoms with Gasteiger partial charge in [0.25, 0.3) is 0 Å². The van der Waals surface area contributed by atoms with Crippen molar-refractivity contribution in [3.8, 4) is 5.75 Å². The maximum absolute atomic E-state index is 10.7. The van der Waals surface area contributed by atoms with Gasteiger partial charge in [-0.25, -0.2) is 0 Å². The molecule has 0 fully saturated rings. The van der Waals surface area contributed by atoms with Crippen molar-refractivity contribution in [2.45, 2.75) is 13.0 Å². The summed E-state index contributed by atoms with van der Waals surface area (Å²) in [5.74, 6) is 0.699. The Hall–Kier alpha value is -1.84. The summed E-state index contributed by atoms with van der Waals surface area (Å²) in [5, 5.41) is 0. The fourth-order valence-corrected chi connectivity index (χ4v) is 1.74. The summed E-state index contributed by atoms with van der Waals surface area (Å²) in [7, 11) is 1.60. The zero-order chi connectivity index (χ0) is 11.5. The highest BCUT2D eigenvalue weighted by atomic mass is 16.5. The van der Waals surface area contributed by atoms with Crippen LogP contribution in [-0.4, -0.2) is 32.3 Å². The second-order valence-electron chi connectivity index (χ2n) is 3.82. The third kappa shape index (κ3) is 1.91. The molecule has 1 atom stereocenters. The van der Waals surface area contributed by atoms with Crippen LogP contribution in [0.5, 0.6) is 5.75 Å². The van der Waals surface area contributed by atoms with Crippen molar-refractivity contribution in [2.75, 3.05) is 18.6 Å². The van der Waals surface area contributed by atoms with Crippen LogP contribution in [0.1, 0.15) is 17.3 Å². The Morgan fingerprint density at radius 2 is 2.38 bits per heavy atom. The van der Waals surface area contributed by atoms with E-state index in [-0.39, 0.29) is 0 Å². The number of anilines is 1. The molecule has 4 heteroatoms. The normalized spacial score (nSPS) is 18.9. The predicted molar refractivity (Wildman–Crippen MR) is 63.7 cm³/mol. The smallest absolute Gasteiger partial charge is 0.150 e. The molecular weight excluding hydrogens is 204 g/mol. The fraction of sp³-hybridized carbons (Fsp3) is 0.333. The topological polar surface area (TPSA) is 41.9 Å². The van der Waals surface area contributed by atoms with Crippen LogP contribution in [0.4, 0.5) is 5.69 Å². The van der Waals surface area contributed by atoms with Gasteiger partial charge in [0.15, 0.2) is 0 Å². The average Bonchev–Trinajstić information content (AvgIpc) is 2.74. The van der Waals surface area contributed by atoms with Crippen LogP contribution in [0.15, 0.2) is 23.2 Å². The van der Waals surface area contributed by atoms with Crippen LogP contribution >= 0.6 is 0 Å². The number of hydrogen-bond donors (Lipinski definition) is 0. The van der Waals surface area contributed by atoms with Crippen LogP contribution in [0.2, 0.25) is 0 Å². The van der Waals surface area contributed by atoms with Crippen LogP contribution in [0.25, 0.3) is 0 Å². The number of hydrogen-bond acceptors (Lipinski definition) is 4. The molecule has 1 aliphatic rings. The lowest BCUT2D eigenvalue weighted by Gasteiger charge is -2.18. The average molecular weight is 218 g/mol. The lowest BCUT2D eigenvalue weighted by Crippen LogP contribution is -2.21. The van der Waals surface area contributed by atoms with E-state index in [9.17, 15) is 4.79 Å². The highest BCUT2D eigenvalue weighted by Gasteiger charge is 2.17. The van der Waals surface area contributed by atoms with E-state index in [1.807, 2.05) is 17.3 Å². The predicted octanol–water partition coefficient (Wildman–Crippen LogP) is 1.74. The second-order valence-corrected chi connectivity index (χ2v) is 3.82. The molecule has 0 N–H and O–H groups in total. The van der Waals surface area contributed by atoms with E-state index < -0.39 is 0 Å².